The summed E-state index contributed by atoms with van der Waals surface area (Å²) in [5.41, 5.74) is 5.49. The summed E-state index contributed by atoms with van der Waals surface area (Å²) in [5.74, 6) is 0.340. The van der Waals surface area contributed by atoms with Gasteiger partial charge in [-0.05, 0) is 62.1 Å². The number of carbonyl (C=O) groups excluding carboxylic acids is 2. The third-order valence-electron chi connectivity index (χ3n) is 7.70. The SMILES string of the molecule is CNC(=O)/C=C(/C)c1cc(/C(C)=C\C(=O)NC)c(Cl)c(OC)c1Cl.COc1c2c(cc3c(C)cc(=O)n(C)c13)c(C)cc(=O)n2C. The van der Waals surface area contributed by atoms with Gasteiger partial charge < -0.3 is 29.2 Å². The maximum atomic E-state index is 12.1. The number of methoxy groups -OCH3 is 2. The zero-order valence-corrected chi connectivity index (χ0v) is 29.1. The van der Waals surface area contributed by atoms with E-state index in [2.05, 4.69) is 10.6 Å². The van der Waals surface area contributed by atoms with Crippen LogP contribution in [-0.4, -0.2) is 49.3 Å². The molecule has 0 saturated carbocycles. The average molecular weight is 670 g/mol. The van der Waals surface area contributed by atoms with Crippen LogP contribution in [0.5, 0.6) is 11.5 Å². The highest BCUT2D eigenvalue weighted by molar-refractivity contribution is 6.39. The molecule has 10 nitrogen and oxygen atoms in total. The number of likely N-dealkylation sites (N-methyl/N-ethyl adjacent to an activating group) is 2. The van der Waals surface area contributed by atoms with Gasteiger partial charge in [-0.15, -0.1) is 0 Å². The van der Waals surface area contributed by atoms with E-state index in [1.165, 1.54) is 33.4 Å². The van der Waals surface area contributed by atoms with Crippen LogP contribution in [-0.2, 0) is 23.7 Å². The Kier molecular flexibility index (Phi) is 11.5. The van der Waals surface area contributed by atoms with Crippen molar-refractivity contribution in [3.05, 3.63) is 89.4 Å². The second-order valence-corrected chi connectivity index (χ2v) is 11.4. The molecule has 46 heavy (non-hydrogen) atoms. The molecule has 2 N–H and O–H groups in total. The van der Waals surface area contributed by atoms with E-state index in [0.717, 1.165) is 21.9 Å². The van der Waals surface area contributed by atoms with Crippen molar-refractivity contribution in [1.29, 1.82) is 0 Å². The Bertz CT molecular complexity index is 1920. The van der Waals surface area contributed by atoms with Crippen LogP contribution in [0.1, 0.15) is 36.1 Å². The van der Waals surface area contributed by atoms with Crippen LogP contribution < -0.4 is 31.2 Å². The third kappa shape index (κ3) is 6.98. The highest BCUT2D eigenvalue weighted by atomic mass is 35.5. The minimum absolute atomic E-state index is 0.0969. The molecule has 244 valence electrons. The van der Waals surface area contributed by atoms with Gasteiger partial charge in [0.05, 0.1) is 35.3 Å². The number of rotatable bonds is 6. The average Bonchev–Trinajstić information content (AvgIpc) is 3.01. The standard InChI is InChI=1S/C17H20Cl2N2O3.C17H18N2O3/c1-9(6-13(22)20-3)11-8-12(10(2)7-14(23)21-4)16(19)17(24-5)15(11)18;1-9-6-13(20)18(3)15-11(9)8-12-10(2)7-14(21)19(4)16(12)17(15)22-5/h6-8H,1-5H3,(H,20,22)(H,21,23);6-8H,1-5H3/b9-6-,10-7-;. The molecule has 2 heterocycles. The van der Waals surface area contributed by atoms with Gasteiger partial charge in [0.1, 0.15) is 0 Å². The van der Waals surface area contributed by atoms with Crippen molar-refractivity contribution in [2.24, 2.45) is 14.1 Å². The number of fused-ring (bicyclic) bond motifs is 2. The summed E-state index contributed by atoms with van der Waals surface area (Å²) in [5, 5.41) is 7.54. The van der Waals surface area contributed by atoms with Crippen LogP contribution >= 0.6 is 23.2 Å². The number of allylic oxidation sites excluding steroid dienone is 2. The van der Waals surface area contributed by atoms with Gasteiger partial charge in [-0.25, -0.2) is 0 Å². The summed E-state index contributed by atoms with van der Waals surface area (Å²) >= 11 is 12.7. The van der Waals surface area contributed by atoms with Gasteiger partial charge >= 0.3 is 0 Å². The predicted molar refractivity (Wildman–Crippen MR) is 186 cm³/mol. The first-order valence-corrected chi connectivity index (χ1v) is 14.9. The lowest BCUT2D eigenvalue weighted by Crippen LogP contribution is -2.20. The number of carbonyl (C=O) groups is 2. The van der Waals surface area contributed by atoms with E-state index in [1.807, 2.05) is 19.9 Å². The molecule has 2 aromatic carbocycles. The molecule has 0 aliphatic rings. The fourth-order valence-corrected chi connectivity index (χ4v) is 5.90. The Morgan fingerprint density at radius 2 is 1.07 bits per heavy atom. The molecule has 0 fully saturated rings. The molecule has 4 aromatic rings. The number of hydrogen-bond acceptors (Lipinski definition) is 6. The number of ether oxygens (including phenoxy) is 2. The second-order valence-electron chi connectivity index (χ2n) is 10.7. The third-order valence-corrected chi connectivity index (χ3v) is 8.45. The van der Waals surface area contributed by atoms with Gasteiger partial charge in [-0.1, -0.05) is 23.2 Å². The lowest BCUT2D eigenvalue weighted by atomic mass is 9.98. The van der Waals surface area contributed by atoms with E-state index < -0.39 is 0 Å². The Hall–Kier alpha value is -4.54. The zero-order valence-electron chi connectivity index (χ0n) is 27.6. The topological polar surface area (TPSA) is 121 Å². The predicted octanol–water partition coefficient (Wildman–Crippen LogP) is 5.32. The monoisotopic (exact) mass is 668 g/mol. The lowest BCUT2D eigenvalue weighted by molar-refractivity contribution is -0.116. The van der Waals surface area contributed by atoms with E-state index in [-0.39, 0.29) is 22.9 Å². The van der Waals surface area contributed by atoms with Gasteiger partial charge in [-0.2, -0.15) is 0 Å². The number of benzene rings is 2. The van der Waals surface area contributed by atoms with Crippen molar-refractivity contribution in [1.82, 2.24) is 19.8 Å². The van der Waals surface area contributed by atoms with Crippen molar-refractivity contribution in [2.45, 2.75) is 27.7 Å². The first-order valence-electron chi connectivity index (χ1n) is 14.2. The van der Waals surface area contributed by atoms with Crippen LogP contribution in [0.4, 0.5) is 0 Å². The van der Waals surface area contributed by atoms with E-state index >= 15 is 0 Å². The lowest BCUT2D eigenvalue weighted by Gasteiger charge is -2.17. The number of aromatic nitrogens is 2. The summed E-state index contributed by atoms with van der Waals surface area (Å²) in [7, 11) is 9.53. The zero-order chi connectivity index (χ0) is 34.6. The molecule has 0 bridgehead atoms. The van der Waals surface area contributed by atoms with Crippen molar-refractivity contribution < 1.29 is 19.1 Å². The molecule has 0 unspecified atom stereocenters. The maximum absolute atomic E-state index is 12.1. The molecule has 2 amide bonds. The maximum Gasteiger partial charge on any atom is 0.251 e. The van der Waals surface area contributed by atoms with Crippen molar-refractivity contribution in [2.75, 3.05) is 28.3 Å². The number of aryl methyl sites for hydroxylation is 4. The summed E-state index contributed by atoms with van der Waals surface area (Å²) in [6, 6.07) is 6.99. The second kappa shape index (κ2) is 14.7. The minimum Gasteiger partial charge on any atom is -0.494 e. The van der Waals surface area contributed by atoms with E-state index in [4.69, 9.17) is 32.7 Å². The van der Waals surface area contributed by atoms with Gasteiger partial charge in [0, 0.05) is 74.4 Å². The molecular formula is C34H38Cl2N4O6. The summed E-state index contributed by atoms with van der Waals surface area (Å²) in [6.45, 7) is 7.33. The molecule has 0 spiro atoms. The summed E-state index contributed by atoms with van der Waals surface area (Å²) < 4.78 is 14.0. The quantitative estimate of drug-likeness (QED) is 0.212. The van der Waals surface area contributed by atoms with E-state index in [9.17, 15) is 19.2 Å². The Morgan fingerprint density at radius 3 is 1.39 bits per heavy atom. The van der Waals surface area contributed by atoms with E-state index in [1.54, 1.807) is 62.4 Å². The Balaban J connectivity index is 0.000000251. The molecule has 4 rings (SSSR count). The van der Waals surface area contributed by atoms with Crippen molar-refractivity contribution >= 4 is 68.0 Å². The normalized spacial score (nSPS) is 11.7. The molecule has 0 aliphatic heterocycles. The molecule has 0 radical (unpaired) electrons. The number of nitrogens with zero attached hydrogens (tertiary/aromatic N) is 2. The first-order chi connectivity index (χ1) is 21.6. The van der Waals surface area contributed by atoms with Gasteiger partial charge in [0.15, 0.2) is 11.5 Å². The first kappa shape index (κ1) is 35.9. The van der Waals surface area contributed by atoms with Crippen LogP contribution in [0, 0.1) is 13.8 Å². The van der Waals surface area contributed by atoms with Gasteiger partial charge in [0.25, 0.3) is 11.1 Å². The van der Waals surface area contributed by atoms with Crippen LogP contribution in [0.3, 0.4) is 0 Å². The van der Waals surface area contributed by atoms with Crippen LogP contribution in [0.2, 0.25) is 10.0 Å². The molecule has 12 heteroatoms. The van der Waals surface area contributed by atoms with Crippen LogP contribution in [0.25, 0.3) is 33.0 Å². The highest BCUT2D eigenvalue weighted by Crippen LogP contribution is 2.43. The molecular weight excluding hydrogens is 631 g/mol. The fourth-order valence-electron chi connectivity index (χ4n) is 5.10. The number of nitrogens with one attached hydrogen (secondary N) is 2. The number of pyridine rings is 2. The number of amides is 2. The van der Waals surface area contributed by atoms with Gasteiger partial charge in [-0.3, -0.25) is 19.2 Å². The minimum atomic E-state index is -0.253. The fraction of sp³-hybridized carbons (Fsp3) is 0.294. The van der Waals surface area contributed by atoms with Crippen molar-refractivity contribution in [3.63, 3.8) is 0 Å². The summed E-state index contributed by atoms with van der Waals surface area (Å²) in [4.78, 5) is 47.4. The van der Waals surface area contributed by atoms with E-state index in [0.29, 0.717) is 54.9 Å². The van der Waals surface area contributed by atoms with Crippen molar-refractivity contribution in [3.8, 4) is 11.5 Å². The smallest absolute Gasteiger partial charge is 0.251 e. The molecule has 2 aromatic heterocycles. The highest BCUT2D eigenvalue weighted by Gasteiger charge is 2.20. The molecule has 0 aliphatic carbocycles. The number of hydrogen-bond donors (Lipinski definition) is 2. The summed E-state index contributed by atoms with van der Waals surface area (Å²) in [6.07, 6.45) is 2.85. The van der Waals surface area contributed by atoms with Crippen LogP contribution in [0.15, 0.2) is 46.0 Å². The molecule has 0 saturated heterocycles. The number of halogens is 2. The van der Waals surface area contributed by atoms with Gasteiger partial charge in [0.2, 0.25) is 11.8 Å². The molecule has 0 atom stereocenters. The Morgan fingerprint density at radius 1 is 0.696 bits per heavy atom. The Labute approximate surface area is 277 Å². The largest absolute Gasteiger partial charge is 0.494 e.